The molecule has 0 radical (unpaired) electrons. The van der Waals surface area contributed by atoms with Gasteiger partial charge in [-0.1, -0.05) is 0 Å². The molecule has 0 unspecified atom stereocenters. The molecular weight excluding hydrogens is 252 g/mol. The smallest absolute Gasteiger partial charge is 0.166 e. The first kappa shape index (κ1) is 12.5. The fourth-order valence-electron chi connectivity index (χ4n) is 2.12. The van der Waals surface area contributed by atoms with Gasteiger partial charge >= 0.3 is 0 Å². The van der Waals surface area contributed by atoms with Crippen molar-refractivity contribution in [3.05, 3.63) is 30.4 Å². The van der Waals surface area contributed by atoms with Gasteiger partial charge in [-0.05, 0) is 32.4 Å². The Morgan fingerprint density at radius 2 is 2.00 bits per heavy atom. The van der Waals surface area contributed by atoms with Gasteiger partial charge < -0.3 is 10.3 Å². The lowest BCUT2D eigenvalue weighted by Gasteiger charge is -2.08. The zero-order chi connectivity index (χ0) is 14.3. The molecule has 0 aliphatic rings. The van der Waals surface area contributed by atoms with Crippen molar-refractivity contribution in [2.75, 3.05) is 5.73 Å². The van der Waals surface area contributed by atoms with Crippen LogP contribution in [0.3, 0.4) is 0 Å². The Bertz CT molecular complexity index is 774. The van der Waals surface area contributed by atoms with Crippen LogP contribution < -0.4 is 5.73 Å². The topological polar surface area (TPSA) is 82.5 Å². The Morgan fingerprint density at radius 3 is 2.70 bits per heavy atom. The maximum absolute atomic E-state index is 6.00. The van der Waals surface area contributed by atoms with E-state index in [4.69, 9.17) is 5.73 Å². The van der Waals surface area contributed by atoms with Crippen LogP contribution in [0.2, 0.25) is 0 Å². The third-order valence-electron chi connectivity index (χ3n) is 3.14. The van der Waals surface area contributed by atoms with Crippen molar-refractivity contribution in [1.29, 1.82) is 0 Å². The van der Waals surface area contributed by atoms with E-state index in [0.29, 0.717) is 17.2 Å². The molecule has 0 saturated heterocycles. The molecule has 0 aliphatic carbocycles. The SMILES string of the molecule is Cc1cncc(-c2nc(N)c3ncn(C(C)C)c3n2)c1. The molecule has 2 N–H and O–H groups in total. The Kier molecular flexibility index (Phi) is 2.85. The highest BCUT2D eigenvalue weighted by atomic mass is 15.1. The zero-order valence-corrected chi connectivity index (χ0v) is 11.7. The molecule has 3 aromatic rings. The first-order valence-corrected chi connectivity index (χ1v) is 6.48. The summed E-state index contributed by atoms with van der Waals surface area (Å²) in [6.07, 6.45) is 5.28. The van der Waals surface area contributed by atoms with Gasteiger partial charge in [0.15, 0.2) is 17.3 Å². The third kappa shape index (κ3) is 1.99. The number of hydrogen-bond acceptors (Lipinski definition) is 5. The summed E-state index contributed by atoms with van der Waals surface area (Å²) in [5.74, 6) is 0.972. The van der Waals surface area contributed by atoms with Crippen LogP contribution in [0.1, 0.15) is 25.5 Å². The molecule has 6 heteroatoms. The maximum Gasteiger partial charge on any atom is 0.166 e. The van der Waals surface area contributed by atoms with Crippen LogP contribution in [0.15, 0.2) is 24.8 Å². The number of rotatable bonds is 2. The summed E-state index contributed by atoms with van der Waals surface area (Å²) < 4.78 is 1.99. The van der Waals surface area contributed by atoms with Crippen molar-refractivity contribution in [3.63, 3.8) is 0 Å². The average molecular weight is 268 g/mol. The van der Waals surface area contributed by atoms with Crippen molar-refractivity contribution >= 4 is 17.0 Å². The summed E-state index contributed by atoms with van der Waals surface area (Å²) in [6.45, 7) is 6.14. The Morgan fingerprint density at radius 1 is 1.20 bits per heavy atom. The van der Waals surface area contributed by atoms with E-state index in [1.807, 2.05) is 17.6 Å². The summed E-state index contributed by atoms with van der Waals surface area (Å²) in [6, 6.07) is 2.25. The van der Waals surface area contributed by atoms with Crippen LogP contribution in [0.4, 0.5) is 5.82 Å². The number of nitrogens with two attached hydrogens (primary N) is 1. The summed E-state index contributed by atoms with van der Waals surface area (Å²) >= 11 is 0. The van der Waals surface area contributed by atoms with E-state index in [1.54, 1.807) is 18.7 Å². The average Bonchev–Trinajstić information content (AvgIpc) is 2.83. The van der Waals surface area contributed by atoms with Gasteiger partial charge in [-0.15, -0.1) is 0 Å². The molecular formula is C14H16N6. The molecule has 0 spiro atoms. The molecule has 102 valence electrons. The minimum absolute atomic E-state index is 0.262. The number of imidazole rings is 1. The van der Waals surface area contributed by atoms with Crippen molar-refractivity contribution in [2.45, 2.75) is 26.8 Å². The second-order valence-electron chi connectivity index (χ2n) is 5.10. The van der Waals surface area contributed by atoms with Crippen LogP contribution in [0.5, 0.6) is 0 Å². The van der Waals surface area contributed by atoms with E-state index in [9.17, 15) is 0 Å². The molecule has 3 aromatic heterocycles. The number of pyridine rings is 1. The van der Waals surface area contributed by atoms with Crippen LogP contribution in [0, 0.1) is 6.92 Å². The second kappa shape index (κ2) is 4.56. The van der Waals surface area contributed by atoms with E-state index in [2.05, 4.69) is 33.8 Å². The lowest BCUT2D eigenvalue weighted by atomic mass is 10.2. The maximum atomic E-state index is 6.00. The highest BCUT2D eigenvalue weighted by molar-refractivity contribution is 5.83. The minimum atomic E-state index is 0.262. The zero-order valence-electron chi connectivity index (χ0n) is 11.7. The predicted molar refractivity (Wildman–Crippen MR) is 78.1 cm³/mol. The molecule has 0 amide bonds. The number of nitrogen functional groups attached to an aromatic ring is 1. The molecule has 0 fully saturated rings. The van der Waals surface area contributed by atoms with Crippen molar-refractivity contribution in [3.8, 4) is 11.4 Å². The van der Waals surface area contributed by atoms with E-state index in [1.165, 1.54) is 0 Å². The second-order valence-corrected chi connectivity index (χ2v) is 5.10. The number of fused-ring (bicyclic) bond motifs is 1. The van der Waals surface area contributed by atoms with Gasteiger partial charge in [0.25, 0.3) is 0 Å². The molecule has 0 bridgehead atoms. The summed E-state index contributed by atoms with van der Waals surface area (Å²) in [5, 5.41) is 0. The number of nitrogens with zero attached hydrogens (tertiary/aromatic N) is 5. The van der Waals surface area contributed by atoms with E-state index in [-0.39, 0.29) is 6.04 Å². The van der Waals surface area contributed by atoms with Crippen LogP contribution in [-0.2, 0) is 0 Å². The quantitative estimate of drug-likeness (QED) is 0.771. The molecule has 0 saturated carbocycles. The highest BCUT2D eigenvalue weighted by Gasteiger charge is 2.14. The Balaban J connectivity index is 2.25. The van der Waals surface area contributed by atoms with Crippen molar-refractivity contribution in [2.24, 2.45) is 0 Å². The minimum Gasteiger partial charge on any atom is -0.382 e. The Hall–Kier alpha value is -2.50. The van der Waals surface area contributed by atoms with Crippen molar-refractivity contribution in [1.82, 2.24) is 24.5 Å². The van der Waals surface area contributed by atoms with Crippen LogP contribution >= 0.6 is 0 Å². The first-order valence-electron chi connectivity index (χ1n) is 6.48. The molecule has 6 nitrogen and oxygen atoms in total. The van der Waals surface area contributed by atoms with Gasteiger partial charge in [-0.2, -0.15) is 0 Å². The normalized spacial score (nSPS) is 11.4. The molecule has 20 heavy (non-hydrogen) atoms. The van der Waals surface area contributed by atoms with Gasteiger partial charge in [0, 0.05) is 24.0 Å². The lowest BCUT2D eigenvalue weighted by molar-refractivity contribution is 0.613. The lowest BCUT2D eigenvalue weighted by Crippen LogP contribution is -2.03. The molecule has 0 aromatic carbocycles. The predicted octanol–water partition coefficient (Wildman–Crippen LogP) is 2.36. The first-order chi connectivity index (χ1) is 9.56. The van der Waals surface area contributed by atoms with Gasteiger partial charge in [0.1, 0.15) is 5.52 Å². The largest absolute Gasteiger partial charge is 0.382 e. The monoisotopic (exact) mass is 268 g/mol. The number of anilines is 1. The summed E-state index contributed by atoms with van der Waals surface area (Å²) in [7, 11) is 0. The summed E-state index contributed by atoms with van der Waals surface area (Å²) in [5.41, 5.74) is 9.31. The van der Waals surface area contributed by atoms with Gasteiger partial charge in [0.2, 0.25) is 0 Å². The van der Waals surface area contributed by atoms with E-state index in [0.717, 1.165) is 16.8 Å². The van der Waals surface area contributed by atoms with E-state index < -0.39 is 0 Å². The third-order valence-corrected chi connectivity index (χ3v) is 3.14. The fourth-order valence-corrected chi connectivity index (χ4v) is 2.12. The molecule has 0 atom stereocenters. The van der Waals surface area contributed by atoms with E-state index >= 15 is 0 Å². The molecule has 0 aliphatic heterocycles. The van der Waals surface area contributed by atoms with Crippen molar-refractivity contribution < 1.29 is 0 Å². The van der Waals surface area contributed by atoms with Gasteiger partial charge in [-0.3, -0.25) is 4.98 Å². The molecule has 3 rings (SSSR count). The number of aryl methyl sites for hydroxylation is 1. The number of aromatic nitrogens is 5. The Labute approximate surface area is 116 Å². The standard InChI is InChI=1S/C14H16N6/c1-8(2)20-7-17-11-12(15)18-13(19-14(11)20)10-4-9(3)5-16-6-10/h4-8H,1-3H3,(H2,15,18,19). The van der Waals surface area contributed by atoms with Gasteiger partial charge in [-0.25, -0.2) is 15.0 Å². The summed E-state index contributed by atoms with van der Waals surface area (Å²) in [4.78, 5) is 17.4. The fraction of sp³-hybridized carbons (Fsp3) is 0.286. The number of hydrogen-bond donors (Lipinski definition) is 1. The highest BCUT2D eigenvalue weighted by Crippen LogP contribution is 2.24. The van der Waals surface area contributed by atoms with Crippen LogP contribution in [0.25, 0.3) is 22.6 Å². The molecule has 3 heterocycles. The van der Waals surface area contributed by atoms with Crippen LogP contribution in [-0.4, -0.2) is 24.5 Å². The van der Waals surface area contributed by atoms with Gasteiger partial charge in [0.05, 0.1) is 6.33 Å².